The van der Waals surface area contributed by atoms with Gasteiger partial charge in [-0.05, 0) is 49.7 Å². The molecule has 0 bridgehead atoms. The summed E-state index contributed by atoms with van der Waals surface area (Å²) in [5, 5.41) is 7.83. The van der Waals surface area contributed by atoms with E-state index < -0.39 is 0 Å². The van der Waals surface area contributed by atoms with Crippen LogP contribution in [0.25, 0.3) is 0 Å². The molecule has 1 aromatic rings. The van der Waals surface area contributed by atoms with Crippen molar-refractivity contribution in [1.29, 1.82) is 0 Å². The van der Waals surface area contributed by atoms with Gasteiger partial charge in [-0.3, -0.25) is 0 Å². The highest BCUT2D eigenvalue weighted by molar-refractivity contribution is 7.05. The van der Waals surface area contributed by atoms with E-state index in [0.29, 0.717) is 6.04 Å². The number of hydrogen-bond acceptors (Lipinski definition) is 4. The average molecular weight is 267 g/mol. The Labute approximate surface area is 115 Å². The molecule has 3 nitrogen and oxygen atoms in total. The molecule has 1 heterocycles. The van der Waals surface area contributed by atoms with Crippen molar-refractivity contribution in [3.63, 3.8) is 0 Å². The highest BCUT2D eigenvalue weighted by atomic mass is 32.1. The fourth-order valence-electron chi connectivity index (χ4n) is 3.15. The molecule has 2 rings (SSSR count). The molecule has 1 aromatic heterocycles. The van der Waals surface area contributed by atoms with Crippen LogP contribution in [0.1, 0.15) is 62.6 Å². The molecule has 1 aliphatic rings. The van der Waals surface area contributed by atoms with E-state index in [1.54, 1.807) is 11.5 Å². The Morgan fingerprint density at radius 1 is 1.28 bits per heavy atom. The van der Waals surface area contributed by atoms with Gasteiger partial charge in [0.15, 0.2) is 0 Å². The van der Waals surface area contributed by atoms with Gasteiger partial charge in [-0.2, -0.15) is 0 Å². The molecule has 1 atom stereocenters. The zero-order valence-corrected chi connectivity index (χ0v) is 12.6. The lowest BCUT2D eigenvalue weighted by Gasteiger charge is -2.33. The third-order valence-electron chi connectivity index (χ3n) is 4.33. The molecule has 4 heteroatoms. The zero-order valence-electron chi connectivity index (χ0n) is 11.8. The van der Waals surface area contributed by atoms with Gasteiger partial charge in [-0.15, -0.1) is 5.10 Å². The lowest BCUT2D eigenvalue weighted by atomic mass is 9.77. The van der Waals surface area contributed by atoms with Crippen molar-refractivity contribution in [3.05, 3.63) is 10.6 Å². The summed E-state index contributed by atoms with van der Waals surface area (Å²) in [7, 11) is 0. The quantitative estimate of drug-likeness (QED) is 0.883. The average Bonchev–Trinajstić information content (AvgIpc) is 2.82. The molecule has 0 aliphatic heterocycles. The van der Waals surface area contributed by atoms with Gasteiger partial charge < -0.3 is 5.32 Å². The zero-order chi connectivity index (χ0) is 13.0. The third-order valence-corrected chi connectivity index (χ3v) is 5.24. The van der Waals surface area contributed by atoms with Gasteiger partial charge in [0.25, 0.3) is 0 Å². The highest BCUT2D eigenvalue weighted by Gasteiger charge is 2.29. The fraction of sp³-hybridized carbons (Fsp3) is 0.857. The Morgan fingerprint density at radius 2 is 2.00 bits per heavy atom. The summed E-state index contributed by atoms with van der Waals surface area (Å²) >= 11 is 1.57. The van der Waals surface area contributed by atoms with Crippen molar-refractivity contribution in [1.82, 2.24) is 14.9 Å². The smallest absolute Gasteiger partial charge is 0.0772 e. The summed E-state index contributed by atoms with van der Waals surface area (Å²) in [5.41, 5.74) is 1.11. The first-order valence-corrected chi connectivity index (χ1v) is 8.05. The maximum absolute atomic E-state index is 4.17. The number of hydrogen-bond donors (Lipinski definition) is 1. The van der Waals surface area contributed by atoms with Crippen LogP contribution in [0, 0.1) is 18.8 Å². The van der Waals surface area contributed by atoms with E-state index in [9.17, 15) is 0 Å². The molecule has 102 valence electrons. The normalized spacial score (nSPS) is 26.2. The molecule has 1 aliphatic carbocycles. The topological polar surface area (TPSA) is 37.8 Å². The predicted molar refractivity (Wildman–Crippen MR) is 76.8 cm³/mol. The van der Waals surface area contributed by atoms with Crippen LogP contribution < -0.4 is 5.32 Å². The van der Waals surface area contributed by atoms with Crippen molar-refractivity contribution in [2.24, 2.45) is 11.8 Å². The number of nitrogens with zero attached hydrogens (tertiary/aromatic N) is 2. The van der Waals surface area contributed by atoms with Crippen LogP contribution in [-0.4, -0.2) is 16.1 Å². The highest BCUT2D eigenvalue weighted by Crippen LogP contribution is 2.39. The first-order valence-electron chi connectivity index (χ1n) is 7.28. The molecule has 18 heavy (non-hydrogen) atoms. The number of aromatic nitrogens is 2. The van der Waals surface area contributed by atoms with Crippen LogP contribution in [0.2, 0.25) is 0 Å². The van der Waals surface area contributed by atoms with Crippen LogP contribution in [0.5, 0.6) is 0 Å². The summed E-state index contributed by atoms with van der Waals surface area (Å²) in [6.07, 6.45) is 6.85. The van der Waals surface area contributed by atoms with Gasteiger partial charge in [-0.1, -0.05) is 37.6 Å². The Bertz CT molecular complexity index is 356. The second-order valence-electron chi connectivity index (χ2n) is 5.45. The molecule has 0 amide bonds. The Balaban J connectivity index is 2.05. The molecule has 0 spiro atoms. The van der Waals surface area contributed by atoms with Gasteiger partial charge in [0, 0.05) is 6.04 Å². The van der Waals surface area contributed by atoms with E-state index >= 15 is 0 Å². The van der Waals surface area contributed by atoms with Gasteiger partial charge in [0.2, 0.25) is 0 Å². The standard InChI is InChI=1S/C14H25N3S/c1-4-11-6-8-12(9-7-11)13(15-5-2)14-10(3)16-17-18-14/h11-13,15H,4-9H2,1-3H3. The first-order chi connectivity index (χ1) is 8.76. The number of aryl methyl sites for hydroxylation is 1. The van der Waals surface area contributed by atoms with Gasteiger partial charge in [-0.25, -0.2) is 0 Å². The molecule has 1 unspecified atom stereocenters. The van der Waals surface area contributed by atoms with E-state index in [0.717, 1.165) is 24.1 Å². The summed E-state index contributed by atoms with van der Waals surface area (Å²) in [6, 6.07) is 0.479. The van der Waals surface area contributed by atoms with E-state index in [2.05, 4.69) is 35.7 Å². The lowest BCUT2D eigenvalue weighted by Crippen LogP contribution is -2.30. The summed E-state index contributed by atoms with van der Waals surface area (Å²) in [6.45, 7) is 7.62. The monoisotopic (exact) mass is 267 g/mol. The van der Waals surface area contributed by atoms with Crippen LogP contribution >= 0.6 is 11.5 Å². The Morgan fingerprint density at radius 3 is 2.50 bits per heavy atom. The second kappa shape index (κ2) is 6.62. The van der Waals surface area contributed by atoms with Gasteiger partial charge >= 0.3 is 0 Å². The Kier molecular flexibility index (Phi) is 5.13. The van der Waals surface area contributed by atoms with Gasteiger partial charge in [0.05, 0.1) is 10.6 Å². The molecule has 0 aromatic carbocycles. The van der Waals surface area contributed by atoms with Crippen molar-refractivity contribution in [2.75, 3.05) is 6.54 Å². The minimum Gasteiger partial charge on any atom is -0.309 e. The SMILES string of the molecule is CCNC(c1snnc1C)C1CCC(CC)CC1. The minimum absolute atomic E-state index is 0.479. The summed E-state index contributed by atoms with van der Waals surface area (Å²) in [4.78, 5) is 1.36. The van der Waals surface area contributed by atoms with Gasteiger partial charge in [0.1, 0.15) is 0 Å². The van der Waals surface area contributed by atoms with E-state index in [-0.39, 0.29) is 0 Å². The maximum atomic E-state index is 4.17. The molecule has 0 radical (unpaired) electrons. The van der Waals surface area contributed by atoms with E-state index in [1.165, 1.54) is 37.0 Å². The Hall–Kier alpha value is -0.480. The van der Waals surface area contributed by atoms with Crippen molar-refractivity contribution >= 4 is 11.5 Å². The molecule has 1 fully saturated rings. The number of rotatable bonds is 5. The largest absolute Gasteiger partial charge is 0.309 e. The van der Waals surface area contributed by atoms with Crippen molar-refractivity contribution in [3.8, 4) is 0 Å². The summed E-state index contributed by atoms with van der Waals surface area (Å²) in [5.74, 6) is 1.73. The third kappa shape index (κ3) is 3.09. The number of nitrogens with one attached hydrogen (secondary N) is 1. The molecule has 1 N–H and O–H groups in total. The minimum atomic E-state index is 0.479. The summed E-state index contributed by atoms with van der Waals surface area (Å²) < 4.78 is 4.10. The fourth-order valence-corrected chi connectivity index (χ4v) is 3.96. The molecular formula is C14H25N3S. The first kappa shape index (κ1) is 13.9. The van der Waals surface area contributed by atoms with Crippen molar-refractivity contribution < 1.29 is 0 Å². The predicted octanol–water partition coefficient (Wildman–Crippen LogP) is 3.71. The second-order valence-corrected chi connectivity index (χ2v) is 6.23. The lowest BCUT2D eigenvalue weighted by molar-refractivity contribution is 0.221. The molecule has 1 saturated carbocycles. The van der Waals surface area contributed by atoms with E-state index in [1.807, 2.05) is 0 Å². The van der Waals surface area contributed by atoms with Crippen LogP contribution in [-0.2, 0) is 0 Å². The maximum Gasteiger partial charge on any atom is 0.0772 e. The van der Waals surface area contributed by atoms with Crippen LogP contribution in [0.15, 0.2) is 0 Å². The van der Waals surface area contributed by atoms with Crippen LogP contribution in [0.3, 0.4) is 0 Å². The molecule has 0 saturated heterocycles. The molecular weight excluding hydrogens is 242 g/mol. The van der Waals surface area contributed by atoms with Crippen molar-refractivity contribution in [2.45, 2.75) is 58.9 Å². The van der Waals surface area contributed by atoms with Crippen LogP contribution in [0.4, 0.5) is 0 Å². The van der Waals surface area contributed by atoms with E-state index in [4.69, 9.17) is 0 Å².